The lowest BCUT2D eigenvalue weighted by Gasteiger charge is -1.77. The topological polar surface area (TPSA) is 65.0 Å². The van der Waals surface area contributed by atoms with Gasteiger partial charge in [0.2, 0.25) is 6.08 Å². The van der Waals surface area contributed by atoms with E-state index in [1.807, 2.05) is 0 Å². The van der Waals surface area contributed by atoms with Gasteiger partial charge < -0.3 is 10.6 Å². The lowest BCUT2D eigenvalue weighted by atomic mass is 10.7. The van der Waals surface area contributed by atoms with E-state index in [0.717, 1.165) is 25.8 Å². The SMILES string of the molecule is C1CNCN1.N=C=O. The van der Waals surface area contributed by atoms with Crippen LogP contribution in [0.15, 0.2) is 0 Å². The molecule has 1 aliphatic heterocycles. The maximum Gasteiger partial charge on any atom is 0.231 e. The van der Waals surface area contributed by atoms with E-state index in [1.54, 1.807) is 0 Å². The molecule has 0 saturated carbocycles. The van der Waals surface area contributed by atoms with Gasteiger partial charge in [0.25, 0.3) is 0 Å². The number of carbonyl (C=O) groups excluding carboxylic acids is 1. The van der Waals surface area contributed by atoms with Gasteiger partial charge in [-0.2, -0.15) is 0 Å². The second-order valence-electron chi connectivity index (χ2n) is 1.28. The average molecular weight is 115 g/mol. The van der Waals surface area contributed by atoms with Crippen molar-refractivity contribution in [1.82, 2.24) is 10.6 Å². The van der Waals surface area contributed by atoms with Crippen LogP contribution in [0.1, 0.15) is 0 Å². The predicted molar refractivity (Wildman–Crippen MR) is 29.3 cm³/mol. The summed E-state index contributed by atoms with van der Waals surface area (Å²) in [6, 6.07) is 0. The van der Waals surface area contributed by atoms with Gasteiger partial charge >= 0.3 is 0 Å². The van der Waals surface area contributed by atoms with E-state index < -0.39 is 0 Å². The van der Waals surface area contributed by atoms with Crippen LogP contribution in [0.3, 0.4) is 0 Å². The van der Waals surface area contributed by atoms with Crippen molar-refractivity contribution in [1.29, 1.82) is 5.41 Å². The molecule has 0 radical (unpaired) electrons. The summed E-state index contributed by atoms with van der Waals surface area (Å²) in [7, 11) is 0. The first-order chi connectivity index (χ1) is 3.91. The highest BCUT2D eigenvalue weighted by Gasteiger charge is 1.90. The van der Waals surface area contributed by atoms with Gasteiger partial charge in [-0.15, -0.1) is 0 Å². The van der Waals surface area contributed by atoms with Crippen molar-refractivity contribution in [3.05, 3.63) is 0 Å². The highest BCUT2D eigenvalue weighted by Crippen LogP contribution is 1.62. The quantitative estimate of drug-likeness (QED) is 0.281. The fourth-order valence-corrected chi connectivity index (χ4v) is 0.442. The van der Waals surface area contributed by atoms with Crippen molar-refractivity contribution < 1.29 is 4.79 Å². The zero-order valence-electron chi connectivity index (χ0n) is 4.53. The van der Waals surface area contributed by atoms with Gasteiger partial charge in [0.15, 0.2) is 0 Å². The van der Waals surface area contributed by atoms with Crippen LogP contribution >= 0.6 is 0 Å². The Labute approximate surface area is 47.8 Å². The zero-order valence-corrected chi connectivity index (χ0v) is 4.53. The minimum Gasteiger partial charge on any atom is -0.303 e. The summed E-state index contributed by atoms with van der Waals surface area (Å²) in [4.78, 5) is 8.35. The van der Waals surface area contributed by atoms with Gasteiger partial charge in [0.1, 0.15) is 0 Å². The van der Waals surface area contributed by atoms with Gasteiger partial charge in [-0.05, 0) is 0 Å². The summed E-state index contributed by atoms with van der Waals surface area (Å²) < 4.78 is 0. The molecule has 0 aromatic rings. The van der Waals surface area contributed by atoms with Crippen LogP contribution in [0, 0.1) is 5.41 Å². The highest BCUT2D eigenvalue weighted by molar-refractivity contribution is 5.26. The van der Waals surface area contributed by atoms with Crippen LogP contribution in [-0.2, 0) is 4.79 Å². The summed E-state index contributed by atoms with van der Waals surface area (Å²) >= 11 is 0. The lowest BCUT2D eigenvalue weighted by molar-refractivity contribution is 0.563. The van der Waals surface area contributed by atoms with E-state index in [2.05, 4.69) is 10.6 Å². The van der Waals surface area contributed by atoms with Crippen LogP contribution in [0.5, 0.6) is 0 Å². The van der Waals surface area contributed by atoms with Crippen molar-refractivity contribution in [2.24, 2.45) is 0 Å². The van der Waals surface area contributed by atoms with E-state index in [4.69, 9.17) is 10.2 Å². The maximum absolute atomic E-state index is 8.35. The maximum atomic E-state index is 8.35. The summed E-state index contributed by atoms with van der Waals surface area (Å²) in [6.07, 6.45) is 0.750. The van der Waals surface area contributed by atoms with Crippen LogP contribution in [0.25, 0.3) is 0 Å². The molecule has 0 aliphatic carbocycles. The fourth-order valence-electron chi connectivity index (χ4n) is 0.442. The Bertz CT molecular complexity index is 65.7. The molecule has 3 N–H and O–H groups in total. The molecule has 1 fully saturated rings. The standard InChI is InChI=1S/C3H8N2.CHNO/c1-2-5-3-4-1;2-1-3/h4-5H,1-3H2;2H. The molecular weight excluding hydrogens is 106 g/mol. The summed E-state index contributed by atoms with van der Waals surface area (Å²) in [5.74, 6) is 0. The molecule has 1 rings (SSSR count). The van der Waals surface area contributed by atoms with E-state index in [9.17, 15) is 0 Å². The molecule has 8 heavy (non-hydrogen) atoms. The van der Waals surface area contributed by atoms with Gasteiger partial charge in [-0.1, -0.05) is 0 Å². The second kappa shape index (κ2) is 6.30. The fraction of sp³-hybridized carbons (Fsp3) is 0.750. The van der Waals surface area contributed by atoms with E-state index >= 15 is 0 Å². The number of rotatable bonds is 0. The second-order valence-corrected chi connectivity index (χ2v) is 1.28. The van der Waals surface area contributed by atoms with E-state index in [1.165, 1.54) is 0 Å². The number of nitrogens with one attached hydrogen (secondary N) is 3. The highest BCUT2D eigenvalue weighted by atomic mass is 16.1. The molecule has 0 bridgehead atoms. The molecule has 46 valence electrons. The Morgan fingerprint density at radius 2 is 1.75 bits per heavy atom. The minimum absolute atomic E-state index is 0.750. The molecule has 0 amide bonds. The van der Waals surface area contributed by atoms with Crippen LogP contribution in [0.4, 0.5) is 0 Å². The predicted octanol–water partition coefficient (Wildman–Crippen LogP) is -0.962. The minimum atomic E-state index is 0.750. The van der Waals surface area contributed by atoms with Crippen molar-refractivity contribution in [2.75, 3.05) is 19.8 Å². The Morgan fingerprint density at radius 3 is 1.88 bits per heavy atom. The van der Waals surface area contributed by atoms with Gasteiger partial charge in [-0.3, -0.25) is 0 Å². The first-order valence-electron chi connectivity index (χ1n) is 2.37. The largest absolute Gasteiger partial charge is 0.303 e. The Hall–Kier alpha value is -0.700. The third-order valence-corrected chi connectivity index (χ3v) is 0.729. The molecule has 1 heterocycles. The summed E-state index contributed by atoms with van der Waals surface area (Å²) in [5, 5.41) is 11.6. The average Bonchev–Trinajstić information content (AvgIpc) is 2.17. The first-order valence-corrected chi connectivity index (χ1v) is 2.37. The lowest BCUT2D eigenvalue weighted by Crippen LogP contribution is -2.11. The molecule has 1 aliphatic rings. The number of isocyanates is 1. The van der Waals surface area contributed by atoms with Crippen LogP contribution in [-0.4, -0.2) is 25.8 Å². The molecular formula is C4H9N3O. The van der Waals surface area contributed by atoms with Crippen LogP contribution in [0.2, 0.25) is 0 Å². The molecule has 0 atom stereocenters. The van der Waals surface area contributed by atoms with Crippen molar-refractivity contribution in [3.8, 4) is 0 Å². The zero-order chi connectivity index (χ0) is 6.24. The Morgan fingerprint density at radius 1 is 1.38 bits per heavy atom. The Balaban J connectivity index is 0.000000145. The van der Waals surface area contributed by atoms with Crippen LogP contribution < -0.4 is 10.6 Å². The van der Waals surface area contributed by atoms with Crippen molar-refractivity contribution >= 4 is 6.08 Å². The first kappa shape index (κ1) is 7.30. The molecule has 4 nitrogen and oxygen atoms in total. The molecule has 0 unspecified atom stereocenters. The molecule has 0 aromatic carbocycles. The Kier molecular flexibility index (Phi) is 5.75. The monoisotopic (exact) mass is 115 g/mol. The van der Waals surface area contributed by atoms with E-state index in [-0.39, 0.29) is 0 Å². The summed E-state index contributed by atoms with van der Waals surface area (Å²) in [5.41, 5.74) is 0. The van der Waals surface area contributed by atoms with Gasteiger partial charge in [0, 0.05) is 19.8 Å². The summed E-state index contributed by atoms with van der Waals surface area (Å²) in [6.45, 7) is 3.28. The molecule has 0 aromatic heterocycles. The van der Waals surface area contributed by atoms with E-state index in [0.29, 0.717) is 0 Å². The number of hydrogen-bond donors (Lipinski definition) is 3. The molecule has 0 spiro atoms. The molecule has 1 saturated heterocycles. The smallest absolute Gasteiger partial charge is 0.231 e. The third kappa shape index (κ3) is 5.30. The number of hydrogen-bond acceptors (Lipinski definition) is 4. The third-order valence-electron chi connectivity index (χ3n) is 0.729. The van der Waals surface area contributed by atoms with Gasteiger partial charge in [0.05, 0.1) is 0 Å². The van der Waals surface area contributed by atoms with Crippen molar-refractivity contribution in [2.45, 2.75) is 0 Å². The normalized spacial score (nSPS) is 16.0. The van der Waals surface area contributed by atoms with Gasteiger partial charge in [-0.25, -0.2) is 10.2 Å². The molecule has 4 heteroatoms. The van der Waals surface area contributed by atoms with Crippen molar-refractivity contribution in [3.63, 3.8) is 0 Å².